The van der Waals surface area contributed by atoms with E-state index in [4.69, 9.17) is 5.73 Å². The molecule has 0 atom stereocenters. The molecule has 1 heterocycles. The molecule has 86 valence electrons. The first-order valence-corrected chi connectivity index (χ1v) is 5.28. The van der Waals surface area contributed by atoms with Crippen LogP contribution in [0, 0.1) is 0 Å². The van der Waals surface area contributed by atoms with Crippen molar-refractivity contribution in [2.24, 2.45) is 10.7 Å². The van der Waals surface area contributed by atoms with Gasteiger partial charge in [0.25, 0.3) is 0 Å². The van der Waals surface area contributed by atoms with Crippen LogP contribution in [0.15, 0.2) is 23.2 Å². The van der Waals surface area contributed by atoms with Gasteiger partial charge in [-0.1, -0.05) is 11.8 Å². The highest BCUT2D eigenvalue weighted by atomic mass is 32.2. The van der Waals surface area contributed by atoms with Gasteiger partial charge in [-0.05, 0) is 23.8 Å². The largest absolute Gasteiger partial charge is 0.573 e. The molecule has 0 bridgehead atoms. The van der Waals surface area contributed by atoms with Gasteiger partial charge in [0.05, 0.1) is 5.69 Å². The van der Waals surface area contributed by atoms with E-state index in [1.165, 1.54) is 30.0 Å². The molecule has 0 aliphatic carbocycles. The molecule has 0 saturated heterocycles. The van der Waals surface area contributed by atoms with Gasteiger partial charge in [-0.25, -0.2) is 4.99 Å². The highest BCUT2D eigenvalue weighted by Gasteiger charge is 2.31. The average molecular weight is 248 g/mol. The molecule has 7 heteroatoms. The molecule has 1 aromatic carbocycles. The van der Waals surface area contributed by atoms with E-state index >= 15 is 0 Å². The van der Waals surface area contributed by atoms with Gasteiger partial charge in [-0.2, -0.15) is 0 Å². The van der Waals surface area contributed by atoms with E-state index in [0.29, 0.717) is 22.2 Å². The molecule has 0 saturated carbocycles. The Morgan fingerprint density at radius 2 is 2.12 bits per heavy atom. The molecule has 1 aromatic rings. The summed E-state index contributed by atoms with van der Waals surface area (Å²) < 4.78 is 39.7. The maximum absolute atomic E-state index is 12.0. The predicted octanol–water partition coefficient (Wildman–Crippen LogP) is 2.78. The summed E-state index contributed by atoms with van der Waals surface area (Å²) in [5.41, 5.74) is 6.76. The minimum atomic E-state index is -4.67. The monoisotopic (exact) mass is 248 g/mol. The third kappa shape index (κ3) is 2.60. The van der Waals surface area contributed by atoms with Gasteiger partial charge in [-0.3, -0.25) is 0 Å². The zero-order valence-corrected chi connectivity index (χ0v) is 8.73. The SMILES string of the molecule is NC1=Nc2ccc(OC(F)(F)F)cc2CS1. The number of fused-ring (bicyclic) bond motifs is 1. The molecule has 1 aliphatic rings. The van der Waals surface area contributed by atoms with Crippen LogP contribution in [0.5, 0.6) is 5.75 Å². The molecule has 0 aromatic heterocycles. The van der Waals surface area contributed by atoms with Crippen molar-refractivity contribution in [3.8, 4) is 5.75 Å². The lowest BCUT2D eigenvalue weighted by molar-refractivity contribution is -0.274. The van der Waals surface area contributed by atoms with Crippen LogP contribution in [0.3, 0.4) is 0 Å². The van der Waals surface area contributed by atoms with E-state index < -0.39 is 6.36 Å². The van der Waals surface area contributed by atoms with E-state index in [2.05, 4.69) is 9.73 Å². The molecular formula is C9H7F3N2OS. The highest BCUT2D eigenvalue weighted by Crippen LogP contribution is 2.34. The van der Waals surface area contributed by atoms with Crippen LogP contribution in [-0.4, -0.2) is 11.5 Å². The second-order valence-corrected chi connectivity index (χ2v) is 4.07. The predicted molar refractivity (Wildman–Crippen MR) is 55.7 cm³/mol. The fourth-order valence-electron chi connectivity index (χ4n) is 1.29. The topological polar surface area (TPSA) is 47.6 Å². The van der Waals surface area contributed by atoms with Crippen LogP contribution in [0.1, 0.15) is 5.56 Å². The Kier molecular flexibility index (Phi) is 2.71. The number of alkyl halides is 3. The fourth-order valence-corrected chi connectivity index (χ4v) is 1.98. The van der Waals surface area contributed by atoms with Gasteiger partial charge in [-0.15, -0.1) is 13.2 Å². The van der Waals surface area contributed by atoms with Crippen LogP contribution in [-0.2, 0) is 5.75 Å². The van der Waals surface area contributed by atoms with Crippen LogP contribution in [0.25, 0.3) is 0 Å². The molecule has 16 heavy (non-hydrogen) atoms. The number of amidine groups is 1. The smallest absolute Gasteiger partial charge is 0.406 e. The molecule has 0 amide bonds. The second-order valence-electron chi connectivity index (χ2n) is 3.08. The summed E-state index contributed by atoms with van der Waals surface area (Å²) in [4.78, 5) is 4.00. The van der Waals surface area contributed by atoms with Crippen LogP contribution in [0.2, 0.25) is 0 Å². The van der Waals surface area contributed by atoms with Gasteiger partial charge >= 0.3 is 6.36 Å². The number of nitrogens with two attached hydrogens (primary N) is 1. The first kappa shape index (κ1) is 11.1. The molecule has 0 radical (unpaired) electrons. The maximum atomic E-state index is 12.0. The summed E-state index contributed by atoms with van der Waals surface area (Å²) in [6.45, 7) is 0. The second kappa shape index (κ2) is 3.89. The Morgan fingerprint density at radius 3 is 2.81 bits per heavy atom. The van der Waals surface area contributed by atoms with Crippen LogP contribution >= 0.6 is 11.8 Å². The first-order valence-electron chi connectivity index (χ1n) is 4.30. The highest BCUT2D eigenvalue weighted by molar-refractivity contribution is 8.13. The number of aliphatic imine (C=N–C) groups is 1. The van der Waals surface area contributed by atoms with E-state index in [9.17, 15) is 13.2 Å². The van der Waals surface area contributed by atoms with Gasteiger partial charge in [0.15, 0.2) is 5.17 Å². The maximum Gasteiger partial charge on any atom is 0.573 e. The molecule has 2 rings (SSSR count). The number of rotatable bonds is 1. The minimum absolute atomic E-state index is 0.234. The average Bonchev–Trinajstić information content (AvgIpc) is 2.16. The normalized spacial score (nSPS) is 15.3. The summed E-state index contributed by atoms with van der Waals surface area (Å²) >= 11 is 1.28. The van der Waals surface area contributed by atoms with Crippen molar-refractivity contribution in [3.63, 3.8) is 0 Å². The number of benzene rings is 1. The summed E-state index contributed by atoms with van der Waals surface area (Å²) in [5.74, 6) is 0.266. The van der Waals surface area contributed by atoms with Gasteiger partial charge in [0.2, 0.25) is 0 Å². The zero-order chi connectivity index (χ0) is 11.8. The van der Waals surface area contributed by atoms with E-state index in [-0.39, 0.29) is 5.75 Å². The first-order chi connectivity index (χ1) is 7.44. The number of halogens is 3. The number of ether oxygens (including phenoxy) is 1. The number of hydrogen-bond donors (Lipinski definition) is 1. The lowest BCUT2D eigenvalue weighted by Crippen LogP contribution is -2.17. The van der Waals surface area contributed by atoms with E-state index in [1.54, 1.807) is 0 Å². The fraction of sp³-hybridized carbons (Fsp3) is 0.222. The van der Waals surface area contributed by atoms with Crippen LogP contribution in [0.4, 0.5) is 18.9 Å². The Labute approximate surface area is 93.5 Å². The Balaban J connectivity index is 2.27. The van der Waals surface area contributed by atoms with Crippen molar-refractivity contribution < 1.29 is 17.9 Å². The van der Waals surface area contributed by atoms with Gasteiger partial charge in [0.1, 0.15) is 5.75 Å². The van der Waals surface area contributed by atoms with Crippen molar-refractivity contribution in [3.05, 3.63) is 23.8 Å². The molecule has 3 nitrogen and oxygen atoms in total. The minimum Gasteiger partial charge on any atom is -0.406 e. The third-order valence-corrected chi connectivity index (χ3v) is 2.73. The van der Waals surface area contributed by atoms with E-state index in [0.717, 1.165) is 0 Å². The quantitative estimate of drug-likeness (QED) is 0.831. The Bertz CT molecular complexity index is 445. The Hall–Kier alpha value is -1.37. The summed E-state index contributed by atoms with van der Waals surface area (Å²) in [5, 5.41) is 0.414. The van der Waals surface area contributed by atoms with Crippen molar-refractivity contribution >= 4 is 22.6 Å². The van der Waals surface area contributed by atoms with Crippen LogP contribution < -0.4 is 10.5 Å². The van der Waals surface area contributed by atoms with E-state index in [1.807, 2.05) is 0 Å². The van der Waals surface area contributed by atoms with Gasteiger partial charge < -0.3 is 10.5 Å². The number of hydrogen-bond acceptors (Lipinski definition) is 4. The standard InChI is InChI=1S/C9H7F3N2OS/c10-9(11,12)15-6-1-2-7-5(3-6)4-16-8(13)14-7/h1-3H,4H2,(H2,13,14). The summed E-state index contributed by atoms with van der Waals surface area (Å²) in [7, 11) is 0. The van der Waals surface area contributed by atoms with Crippen molar-refractivity contribution in [2.75, 3.05) is 0 Å². The summed E-state index contributed by atoms with van der Waals surface area (Å²) in [6.07, 6.45) is -4.67. The van der Waals surface area contributed by atoms with Gasteiger partial charge in [0, 0.05) is 5.75 Å². The number of thioether (sulfide) groups is 1. The number of nitrogens with zero attached hydrogens (tertiary/aromatic N) is 1. The molecule has 0 unspecified atom stereocenters. The zero-order valence-electron chi connectivity index (χ0n) is 7.91. The Morgan fingerprint density at radius 1 is 1.38 bits per heavy atom. The molecule has 0 spiro atoms. The third-order valence-electron chi connectivity index (χ3n) is 1.89. The molecule has 0 fully saturated rings. The molecule has 2 N–H and O–H groups in total. The van der Waals surface area contributed by atoms with Crippen molar-refractivity contribution in [1.82, 2.24) is 0 Å². The lowest BCUT2D eigenvalue weighted by atomic mass is 10.2. The lowest BCUT2D eigenvalue weighted by Gasteiger charge is -2.14. The molecular weight excluding hydrogens is 241 g/mol. The summed E-state index contributed by atoms with van der Waals surface area (Å²) in [6, 6.07) is 4.01. The van der Waals surface area contributed by atoms with Crippen molar-refractivity contribution in [2.45, 2.75) is 12.1 Å². The molecule has 1 aliphatic heterocycles. The van der Waals surface area contributed by atoms with Crippen molar-refractivity contribution in [1.29, 1.82) is 0 Å².